The Morgan fingerprint density at radius 2 is 1.77 bits per heavy atom. The van der Waals surface area contributed by atoms with Gasteiger partial charge in [-0.1, -0.05) is 0 Å². The van der Waals surface area contributed by atoms with Crippen LogP contribution in [0, 0.1) is 31.4 Å². The van der Waals surface area contributed by atoms with Crippen LogP contribution in [0.15, 0.2) is 33.6 Å². The van der Waals surface area contributed by atoms with E-state index in [4.69, 9.17) is 4.42 Å². The zero-order valence-electron chi connectivity index (χ0n) is 16.4. The highest BCUT2D eigenvalue weighted by atomic mass is 32.2. The molecular formula is C19H21F2N3O5S. The number of furan rings is 1. The van der Waals surface area contributed by atoms with E-state index in [0.29, 0.717) is 23.2 Å². The van der Waals surface area contributed by atoms with E-state index in [1.54, 1.807) is 19.9 Å². The SMILES string of the molecule is Cc1cc(C(=O)NNC(=O)C2CCN(S(=O)(=O)c3cc(F)ccc3F)CC2)c(C)o1. The number of carbonyl (C=O) groups excluding carboxylic acids is 2. The van der Waals surface area contributed by atoms with E-state index in [2.05, 4.69) is 10.9 Å². The number of sulfonamides is 1. The molecule has 1 fully saturated rings. The van der Waals surface area contributed by atoms with Crippen molar-refractivity contribution in [3.8, 4) is 0 Å². The number of piperidine rings is 1. The van der Waals surface area contributed by atoms with Gasteiger partial charge in [-0.15, -0.1) is 0 Å². The maximum absolute atomic E-state index is 13.9. The van der Waals surface area contributed by atoms with Crippen molar-refractivity contribution < 1.29 is 31.2 Å². The van der Waals surface area contributed by atoms with Gasteiger partial charge in [-0.2, -0.15) is 4.31 Å². The first-order valence-corrected chi connectivity index (χ1v) is 10.7. The van der Waals surface area contributed by atoms with E-state index in [1.807, 2.05) is 0 Å². The number of carbonyl (C=O) groups is 2. The standard InChI is InChI=1S/C19H21F2N3O5S/c1-11-9-15(12(2)29-11)19(26)23-22-18(25)13-5-7-24(8-6-13)30(27,28)17-10-14(20)3-4-16(17)21/h3-4,9-10,13H,5-8H2,1-2H3,(H,22,25)(H,23,26). The molecule has 0 spiro atoms. The van der Waals surface area contributed by atoms with Gasteiger partial charge in [0.15, 0.2) is 0 Å². The molecule has 0 atom stereocenters. The summed E-state index contributed by atoms with van der Waals surface area (Å²) in [5, 5.41) is 0. The lowest BCUT2D eigenvalue weighted by Crippen LogP contribution is -2.48. The van der Waals surface area contributed by atoms with Crippen molar-refractivity contribution in [2.75, 3.05) is 13.1 Å². The third kappa shape index (κ3) is 4.51. The van der Waals surface area contributed by atoms with Gasteiger partial charge in [0.2, 0.25) is 15.9 Å². The lowest BCUT2D eigenvalue weighted by atomic mass is 9.98. The minimum absolute atomic E-state index is 0.0373. The highest BCUT2D eigenvalue weighted by Crippen LogP contribution is 2.26. The molecular weight excluding hydrogens is 420 g/mol. The normalized spacial score (nSPS) is 15.7. The van der Waals surface area contributed by atoms with Crippen LogP contribution >= 0.6 is 0 Å². The average molecular weight is 441 g/mol. The highest BCUT2D eigenvalue weighted by Gasteiger charge is 2.34. The minimum atomic E-state index is -4.22. The Morgan fingerprint density at radius 1 is 1.10 bits per heavy atom. The zero-order chi connectivity index (χ0) is 22.1. The number of nitrogens with zero attached hydrogens (tertiary/aromatic N) is 1. The first kappa shape index (κ1) is 21.9. The van der Waals surface area contributed by atoms with E-state index in [9.17, 15) is 26.8 Å². The molecule has 2 heterocycles. The van der Waals surface area contributed by atoms with Crippen molar-refractivity contribution >= 4 is 21.8 Å². The van der Waals surface area contributed by atoms with Gasteiger partial charge >= 0.3 is 0 Å². The van der Waals surface area contributed by atoms with Gasteiger partial charge in [-0.25, -0.2) is 17.2 Å². The van der Waals surface area contributed by atoms with Gasteiger partial charge in [-0.3, -0.25) is 20.4 Å². The Labute approximate surface area is 172 Å². The van der Waals surface area contributed by atoms with E-state index in [0.717, 1.165) is 16.4 Å². The number of amides is 2. The van der Waals surface area contributed by atoms with Crippen LogP contribution in [-0.4, -0.2) is 37.6 Å². The van der Waals surface area contributed by atoms with Gasteiger partial charge in [-0.05, 0) is 51.0 Å². The van der Waals surface area contributed by atoms with E-state index < -0.39 is 44.3 Å². The van der Waals surface area contributed by atoms with Gasteiger partial charge in [0, 0.05) is 19.0 Å². The zero-order valence-corrected chi connectivity index (χ0v) is 17.2. The summed E-state index contributed by atoms with van der Waals surface area (Å²) in [7, 11) is -4.22. The van der Waals surface area contributed by atoms with Crippen LogP contribution in [0.2, 0.25) is 0 Å². The average Bonchev–Trinajstić information content (AvgIpc) is 3.05. The van der Waals surface area contributed by atoms with Crippen molar-refractivity contribution in [3.05, 3.63) is 53.0 Å². The number of aryl methyl sites for hydroxylation is 2. The van der Waals surface area contributed by atoms with Gasteiger partial charge in [0.25, 0.3) is 5.91 Å². The molecule has 2 aromatic rings. The molecule has 0 aliphatic carbocycles. The van der Waals surface area contributed by atoms with Crippen molar-refractivity contribution in [1.29, 1.82) is 0 Å². The van der Waals surface area contributed by atoms with Gasteiger partial charge in [0.1, 0.15) is 28.1 Å². The molecule has 0 radical (unpaired) electrons. The number of rotatable bonds is 4. The number of nitrogens with one attached hydrogen (secondary N) is 2. The summed E-state index contributed by atoms with van der Waals surface area (Å²) in [6, 6.07) is 3.78. The summed E-state index contributed by atoms with van der Waals surface area (Å²) in [6.07, 6.45) is 0.337. The van der Waals surface area contributed by atoms with E-state index in [-0.39, 0.29) is 25.9 Å². The highest BCUT2D eigenvalue weighted by molar-refractivity contribution is 7.89. The molecule has 1 aromatic carbocycles. The third-order valence-corrected chi connectivity index (χ3v) is 6.83. The van der Waals surface area contributed by atoms with E-state index >= 15 is 0 Å². The van der Waals surface area contributed by atoms with Crippen molar-refractivity contribution in [1.82, 2.24) is 15.2 Å². The first-order valence-electron chi connectivity index (χ1n) is 9.22. The van der Waals surface area contributed by atoms with Gasteiger partial charge in [0.05, 0.1) is 5.56 Å². The molecule has 2 amide bonds. The summed E-state index contributed by atoms with van der Waals surface area (Å²) in [6.45, 7) is 3.25. The lowest BCUT2D eigenvalue weighted by molar-refractivity contribution is -0.126. The second-order valence-corrected chi connectivity index (χ2v) is 8.93. The van der Waals surface area contributed by atoms with Crippen LogP contribution in [0.3, 0.4) is 0 Å². The summed E-state index contributed by atoms with van der Waals surface area (Å²) < 4.78 is 58.7. The number of benzene rings is 1. The molecule has 2 N–H and O–H groups in total. The van der Waals surface area contributed by atoms with E-state index in [1.165, 1.54) is 0 Å². The van der Waals surface area contributed by atoms with Crippen molar-refractivity contribution in [3.63, 3.8) is 0 Å². The van der Waals surface area contributed by atoms with Crippen LogP contribution in [0.5, 0.6) is 0 Å². The molecule has 3 rings (SSSR count). The summed E-state index contributed by atoms with van der Waals surface area (Å²) in [5.41, 5.74) is 4.94. The topological polar surface area (TPSA) is 109 Å². The Morgan fingerprint density at radius 3 is 2.37 bits per heavy atom. The second-order valence-electron chi connectivity index (χ2n) is 7.02. The molecule has 0 saturated carbocycles. The fourth-order valence-electron chi connectivity index (χ4n) is 3.32. The summed E-state index contributed by atoms with van der Waals surface area (Å²) in [5.74, 6) is -2.45. The molecule has 11 heteroatoms. The summed E-state index contributed by atoms with van der Waals surface area (Å²) >= 11 is 0. The molecule has 1 saturated heterocycles. The Bertz CT molecular complexity index is 1080. The molecule has 8 nitrogen and oxygen atoms in total. The van der Waals surface area contributed by atoms with Crippen molar-refractivity contribution in [2.45, 2.75) is 31.6 Å². The number of halogens is 2. The molecule has 0 unspecified atom stereocenters. The summed E-state index contributed by atoms with van der Waals surface area (Å²) in [4.78, 5) is 23.7. The maximum Gasteiger partial charge on any atom is 0.273 e. The Balaban J connectivity index is 1.57. The fourth-order valence-corrected chi connectivity index (χ4v) is 4.86. The third-order valence-electron chi connectivity index (χ3n) is 4.92. The molecule has 1 aromatic heterocycles. The van der Waals surface area contributed by atoms with Crippen LogP contribution in [0.25, 0.3) is 0 Å². The minimum Gasteiger partial charge on any atom is -0.466 e. The molecule has 1 aliphatic heterocycles. The molecule has 1 aliphatic rings. The fraction of sp³-hybridized carbons (Fsp3) is 0.368. The van der Waals surface area contributed by atoms with Crippen LogP contribution in [0.4, 0.5) is 8.78 Å². The maximum atomic E-state index is 13.9. The Kier molecular flexibility index (Phi) is 6.22. The number of hydrogen-bond donors (Lipinski definition) is 2. The quantitative estimate of drug-likeness (QED) is 0.706. The predicted octanol–water partition coefficient (Wildman–Crippen LogP) is 2.04. The first-order chi connectivity index (χ1) is 14.1. The van der Waals surface area contributed by atoms with Crippen LogP contribution < -0.4 is 10.9 Å². The molecule has 30 heavy (non-hydrogen) atoms. The van der Waals surface area contributed by atoms with Crippen molar-refractivity contribution in [2.24, 2.45) is 5.92 Å². The number of hydrazine groups is 1. The van der Waals surface area contributed by atoms with Crippen LogP contribution in [-0.2, 0) is 14.8 Å². The predicted molar refractivity (Wildman–Crippen MR) is 102 cm³/mol. The second kappa shape index (κ2) is 8.52. The largest absolute Gasteiger partial charge is 0.466 e. The monoisotopic (exact) mass is 441 g/mol. The Hall–Kier alpha value is -2.79. The van der Waals surface area contributed by atoms with Gasteiger partial charge < -0.3 is 4.42 Å². The number of hydrogen-bond acceptors (Lipinski definition) is 5. The van der Waals surface area contributed by atoms with Crippen LogP contribution in [0.1, 0.15) is 34.7 Å². The molecule has 0 bridgehead atoms. The smallest absolute Gasteiger partial charge is 0.273 e. The molecule has 162 valence electrons. The lowest BCUT2D eigenvalue weighted by Gasteiger charge is -2.30.